The van der Waals surface area contributed by atoms with Crippen molar-refractivity contribution in [2.75, 3.05) is 5.32 Å². The van der Waals surface area contributed by atoms with E-state index in [1.807, 2.05) is 43.3 Å². The Morgan fingerprint density at radius 1 is 1.10 bits per heavy atom. The van der Waals surface area contributed by atoms with Crippen LogP contribution in [0.1, 0.15) is 35.1 Å². The Morgan fingerprint density at radius 3 is 2.62 bits per heavy atom. The highest BCUT2D eigenvalue weighted by molar-refractivity contribution is 6.42. The van der Waals surface area contributed by atoms with Gasteiger partial charge in [-0.2, -0.15) is 5.26 Å². The number of aryl methyl sites for hydroxylation is 1. The normalized spacial score (nSPS) is 13.4. The van der Waals surface area contributed by atoms with Crippen LogP contribution in [-0.4, -0.2) is 9.38 Å². The number of nitrogens with one attached hydrogen (secondary N) is 1. The molecule has 1 N–H and O–H groups in total. The monoisotopic (exact) mass is 420 g/mol. The van der Waals surface area contributed by atoms with Crippen LogP contribution in [0.25, 0.3) is 16.7 Å². The Morgan fingerprint density at radius 2 is 1.86 bits per heavy atom. The van der Waals surface area contributed by atoms with Crippen molar-refractivity contribution in [3.63, 3.8) is 0 Å². The number of imidazole rings is 1. The van der Waals surface area contributed by atoms with Crippen molar-refractivity contribution in [1.82, 2.24) is 9.38 Å². The molecule has 2 aromatic carbocycles. The number of para-hydroxylation sites is 2. The maximum absolute atomic E-state index is 9.94. The molecule has 0 saturated carbocycles. The minimum atomic E-state index is 0.517. The summed E-state index contributed by atoms with van der Waals surface area (Å²) in [6.07, 6.45) is 4.01. The van der Waals surface area contributed by atoms with Crippen molar-refractivity contribution >= 4 is 51.4 Å². The third-order valence-corrected chi connectivity index (χ3v) is 6.54. The molecule has 0 fully saturated rings. The summed E-state index contributed by atoms with van der Waals surface area (Å²) in [5.74, 6) is 0.959. The predicted octanol–water partition coefficient (Wildman–Crippen LogP) is 6.60. The summed E-state index contributed by atoms with van der Waals surface area (Å²) in [5, 5.41) is 14.6. The Labute approximate surface area is 178 Å². The lowest BCUT2D eigenvalue weighted by Gasteiger charge is -2.23. The molecule has 2 heterocycles. The smallest absolute Gasteiger partial charge is 0.157 e. The Hall–Kier alpha value is -2.74. The van der Waals surface area contributed by atoms with Crippen LogP contribution in [0.15, 0.2) is 36.4 Å². The van der Waals surface area contributed by atoms with Gasteiger partial charge < -0.3 is 5.32 Å². The Bertz CT molecular complexity index is 1310. The van der Waals surface area contributed by atoms with Crippen LogP contribution in [-0.2, 0) is 12.8 Å². The average Bonchev–Trinajstić information content (AvgIpc) is 3.11. The molecule has 4 nitrogen and oxygen atoms in total. The summed E-state index contributed by atoms with van der Waals surface area (Å²) in [6, 6.07) is 14.2. The number of nitrogens with zero attached hydrogens (tertiary/aromatic N) is 3. The summed E-state index contributed by atoms with van der Waals surface area (Å²) >= 11 is 12.6. The first-order valence-corrected chi connectivity index (χ1v) is 10.4. The summed E-state index contributed by atoms with van der Waals surface area (Å²) in [7, 11) is 0. The number of rotatable bonds is 2. The fourth-order valence-corrected chi connectivity index (χ4v) is 4.69. The maximum atomic E-state index is 9.94. The quantitative estimate of drug-likeness (QED) is 0.397. The first kappa shape index (κ1) is 18.3. The molecule has 4 aromatic rings. The van der Waals surface area contributed by atoms with Gasteiger partial charge >= 0.3 is 0 Å². The number of hydrogen-bond acceptors (Lipinski definition) is 3. The van der Waals surface area contributed by atoms with Crippen LogP contribution >= 0.6 is 23.2 Å². The van der Waals surface area contributed by atoms with Crippen molar-refractivity contribution in [3.8, 4) is 6.07 Å². The summed E-state index contributed by atoms with van der Waals surface area (Å²) in [6.45, 7) is 1.94. The first-order valence-electron chi connectivity index (χ1n) is 9.66. The standard InChI is InChI=1S/C23H18Cl2N4/c1-13-10-14(11-18(24)21(13)25)27-22-16-7-3-2-6-15(16)17(12-26)23-28-19-8-4-5-9-20(19)29(22)23/h4-5,8-11,27H,2-3,6-7H2,1H3. The van der Waals surface area contributed by atoms with Gasteiger partial charge in [0, 0.05) is 5.69 Å². The van der Waals surface area contributed by atoms with Crippen molar-refractivity contribution in [2.45, 2.75) is 32.6 Å². The van der Waals surface area contributed by atoms with E-state index in [0.717, 1.165) is 59.3 Å². The number of nitriles is 1. The van der Waals surface area contributed by atoms with Crippen molar-refractivity contribution < 1.29 is 0 Å². The van der Waals surface area contributed by atoms with E-state index < -0.39 is 0 Å². The highest BCUT2D eigenvalue weighted by atomic mass is 35.5. The van der Waals surface area contributed by atoms with E-state index in [0.29, 0.717) is 21.3 Å². The second-order valence-electron chi connectivity index (χ2n) is 7.47. The Kier molecular flexibility index (Phi) is 4.38. The zero-order chi connectivity index (χ0) is 20.1. The van der Waals surface area contributed by atoms with Crippen LogP contribution in [0.5, 0.6) is 0 Å². The maximum Gasteiger partial charge on any atom is 0.157 e. The molecule has 0 radical (unpaired) electrons. The van der Waals surface area contributed by atoms with Gasteiger partial charge in [-0.25, -0.2) is 4.98 Å². The van der Waals surface area contributed by atoms with E-state index >= 15 is 0 Å². The highest BCUT2D eigenvalue weighted by Gasteiger charge is 2.24. The number of halogens is 2. The van der Waals surface area contributed by atoms with Gasteiger partial charge in [0.1, 0.15) is 11.9 Å². The number of aromatic nitrogens is 2. The molecule has 144 valence electrons. The second kappa shape index (κ2) is 6.95. The van der Waals surface area contributed by atoms with Gasteiger partial charge in [0.25, 0.3) is 0 Å². The van der Waals surface area contributed by atoms with Crippen LogP contribution in [0.4, 0.5) is 11.5 Å². The molecule has 1 aliphatic rings. The van der Waals surface area contributed by atoms with Gasteiger partial charge in [0.2, 0.25) is 0 Å². The molecular weight excluding hydrogens is 403 g/mol. The summed E-state index contributed by atoms with van der Waals surface area (Å²) in [4.78, 5) is 4.80. The molecule has 0 atom stereocenters. The van der Waals surface area contributed by atoms with E-state index in [2.05, 4.69) is 15.8 Å². The van der Waals surface area contributed by atoms with Gasteiger partial charge in [-0.3, -0.25) is 4.40 Å². The average molecular weight is 421 g/mol. The van der Waals surface area contributed by atoms with Crippen molar-refractivity contribution in [3.05, 3.63) is 68.7 Å². The Balaban J connectivity index is 1.85. The molecule has 5 rings (SSSR count). The van der Waals surface area contributed by atoms with Crippen LogP contribution in [0.2, 0.25) is 10.0 Å². The van der Waals surface area contributed by atoms with E-state index in [-0.39, 0.29) is 0 Å². The summed E-state index contributed by atoms with van der Waals surface area (Å²) < 4.78 is 2.08. The van der Waals surface area contributed by atoms with Crippen LogP contribution in [0, 0.1) is 18.3 Å². The number of anilines is 2. The molecule has 0 saturated heterocycles. The van der Waals surface area contributed by atoms with Gasteiger partial charge in [0.15, 0.2) is 5.65 Å². The van der Waals surface area contributed by atoms with Crippen molar-refractivity contribution in [2.24, 2.45) is 0 Å². The van der Waals surface area contributed by atoms with Gasteiger partial charge in [-0.05, 0) is 73.6 Å². The number of hydrogen-bond donors (Lipinski definition) is 1. The zero-order valence-corrected chi connectivity index (χ0v) is 17.4. The largest absolute Gasteiger partial charge is 0.341 e. The fourth-order valence-electron chi connectivity index (χ4n) is 4.32. The minimum Gasteiger partial charge on any atom is -0.341 e. The third kappa shape index (κ3) is 2.85. The molecule has 0 unspecified atom stereocenters. The van der Waals surface area contributed by atoms with Gasteiger partial charge in [-0.15, -0.1) is 0 Å². The molecule has 0 bridgehead atoms. The van der Waals surface area contributed by atoms with Gasteiger partial charge in [-0.1, -0.05) is 35.3 Å². The molecule has 0 spiro atoms. The third-order valence-electron chi connectivity index (χ3n) is 5.65. The number of fused-ring (bicyclic) bond motifs is 4. The van der Waals surface area contributed by atoms with Crippen molar-refractivity contribution in [1.29, 1.82) is 5.26 Å². The summed E-state index contributed by atoms with van der Waals surface area (Å²) in [5.41, 5.74) is 7.32. The number of benzene rings is 2. The first-order chi connectivity index (χ1) is 14.1. The van der Waals surface area contributed by atoms with Gasteiger partial charge in [0.05, 0.1) is 26.6 Å². The lowest BCUT2D eigenvalue weighted by molar-refractivity contribution is 0.682. The lowest BCUT2D eigenvalue weighted by Crippen LogP contribution is -2.13. The van der Waals surface area contributed by atoms with E-state index in [9.17, 15) is 5.26 Å². The molecule has 2 aromatic heterocycles. The predicted molar refractivity (Wildman–Crippen MR) is 119 cm³/mol. The van der Waals surface area contributed by atoms with Crippen LogP contribution in [0.3, 0.4) is 0 Å². The fraction of sp³-hybridized carbons (Fsp3) is 0.217. The van der Waals surface area contributed by atoms with E-state index in [1.165, 1.54) is 5.56 Å². The minimum absolute atomic E-state index is 0.517. The van der Waals surface area contributed by atoms with Crippen LogP contribution < -0.4 is 5.32 Å². The van der Waals surface area contributed by atoms with E-state index in [4.69, 9.17) is 28.2 Å². The molecule has 1 aliphatic carbocycles. The molecule has 0 amide bonds. The highest BCUT2D eigenvalue weighted by Crippen LogP contribution is 2.38. The molecular formula is C23H18Cl2N4. The molecule has 0 aliphatic heterocycles. The molecule has 29 heavy (non-hydrogen) atoms. The number of pyridine rings is 1. The lowest BCUT2D eigenvalue weighted by atomic mass is 9.89. The second-order valence-corrected chi connectivity index (χ2v) is 8.26. The zero-order valence-electron chi connectivity index (χ0n) is 15.9. The topological polar surface area (TPSA) is 53.1 Å². The van der Waals surface area contributed by atoms with E-state index in [1.54, 1.807) is 0 Å². The SMILES string of the molecule is Cc1cc(Nc2c3c(c(C#N)c4nc5ccccc5n24)CCCC3)cc(Cl)c1Cl. The molecule has 6 heteroatoms.